The predicted molar refractivity (Wildman–Crippen MR) is 78.7 cm³/mol. The van der Waals surface area contributed by atoms with Crippen molar-refractivity contribution in [1.29, 1.82) is 0 Å². The van der Waals surface area contributed by atoms with E-state index in [-0.39, 0.29) is 28.9 Å². The minimum atomic E-state index is -5.15. The summed E-state index contributed by atoms with van der Waals surface area (Å²) in [6.07, 6.45) is -10.3. The molecule has 2 rings (SSSR count). The van der Waals surface area contributed by atoms with Crippen LogP contribution >= 0.6 is 11.6 Å². The molecule has 1 N–H and O–H groups in total. The van der Waals surface area contributed by atoms with Crippen molar-refractivity contribution >= 4 is 27.3 Å². The fraction of sp³-hybridized carbons (Fsp3) is 0.143. The second kappa shape index (κ2) is 6.41. The topological polar surface area (TPSA) is 46.2 Å². The highest BCUT2D eigenvalue weighted by atomic mass is 35.5. The second-order valence-corrected chi connectivity index (χ2v) is 6.98. The van der Waals surface area contributed by atoms with Crippen molar-refractivity contribution in [1.82, 2.24) is 0 Å². The van der Waals surface area contributed by atoms with Gasteiger partial charge in [-0.15, -0.1) is 0 Å². The Labute approximate surface area is 143 Å². The Balaban J connectivity index is 2.56. The summed E-state index contributed by atoms with van der Waals surface area (Å²) in [4.78, 5) is -1.17. The first-order chi connectivity index (χ1) is 11.3. The van der Waals surface area contributed by atoms with E-state index < -0.39 is 38.4 Å². The number of hydrogen-bond acceptors (Lipinski definition) is 2. The summed E-state index contributed by atoms with van der Waals surface area (Å²) < 4.78 is 103. The van der Waals surface area contributed by atoms with Crippen molar-refractivity contribution in [2.75, 3.05) is 4.72 Å². The molecule has 0 atom stereocenters. The largest absolute Gasteiger partial charge is 0.416 e. The molecule has 2 aromatic carbocycles. The average Bonchev–Trinajstić information content (AvgIpc) is 2.44. The fourth-order valence-electron chi connectivity index (χ4n) is 1.85. The van der Waals surface area contributed by atoms with Gasteiger partial charge >= 0.3 is 12.4 Å². The first kappa shape index (κ1) is 19.4. The monoisotopic (exact) mass is 403 g/mol. The Hall–Kier alpha value is -1.94. The van der Waals surface area contributed by atoms with Crippen LogP contribution in [0.1, 0.15) is 11.1 Å². The molecule has 0 heterocycles. The highest BCUT2D eigenvalue weighted by molar-refractivity contribution is 7.92. The van der Waals surface area contributed by atoms with E-state index in [4.69, 9.17) is 11.6 Å². The average molecular weight is 404 g/mol. The standard InChI is InChI=1S/C14H8ClF6NO2S/c15-10-2-1-3-11(7-10)22-25(23,24)12-5-8(13(16,17)18)4-9(6-12)14(19,20)21/h1-7,22H. The van der Waals surface area contributed by atoms with Crippen molar-refractivity contribution in [3.05, 3.63) is 58.6 Å². The maximum Gasteiger partial charge on any atom is 0.416 e. The molecule has 0 aliphatic heterocycles. The molecular weight excluding hydrogens is 396 g/mol. The van der Waals surface area contributed by atoms with Gasteiger partial charge in [-0.05, 0) is 36.4 Å². The molecule has 3 nitrogen and oxygen atoms in total. The molecule has 0 fully saturated rings. The summed E-state index contributed by atoms with van der Waals surface area (Å²) in [5.74, 6) is 0. The Morgan fingerprint density at radius 2 is 1.36 bits per heavy atom. The molecular formula is C14H8ClF6NO2S. The zero-order chi connectivity index (χ0) is 19.0. The van der Waals surface area contributed by atoms with Crippen LogP contribution in [0, 0.1) is 0 Å². The summed E-state index contributed by atoms with van der Waals surface area (Å²) in [5.41, 5.74) is -3.57. The van der Waals surface area contributed by atoms with Crippen LogP contribution in [0.25, 0.3) is 0 Å². The van der Waals surface area contributed by atoms with Crippen LogP contribution in [-0.2, 0) is 22.4 Å². The number of hydrogen-bond donors (Lipinski definition) is 1. The molecule has 11 heteroatoms. The molecule has 0 spiro atoms. The molecule has 0 aromatic heterocycles. The van der Waals surface area contributed by atoms with Gasteiger partial charge in [0, 0.05) is 5.02 Å². The van der Waals surface area contributed by atoms with Crippen LogP contribution in [-0.4, -0.2) is 8.42 Å². The molecule has 2 aromatic rings. The van der Waals surface area contributed by atoms with E-state index in [1.54, 1.807) is 0 Å². The summed E-state index contributed by atoms with van der Waals surface area (Å²) in [7, 11) is -4.70. The molecule has 0 radical (unpaired) electrons. The van der Waals surface area contributed by atoms with E-state index >= 15 is 0 Å². The molecule has 25 heavy (non-hydrogen) atoms. The molecule has 0 amide bonds. The van der Waals surface area contributed by atoms with Crippen LogP contribution in [0.2, 0.25) is 5.02 Å². The first-order valence-corrected chi connectivity index (χ1v) is 8.23. The van der Waals surface area contributed by atoms with Crippen LogP contribution < -0.4 is 4.72 Å². The molecule has 0 bridgehead atoms. The van der Waals surface area contributed by atoms with E-state index in [1.807, 2.05) is 4.72 Å². The van der Waals surface area contributed by atoms with Crippen molar-refractivity contribution < 1.29 is 34.8 Å². The van der Waals surface area contributed by atoms with Gasteiger partial charge in [0.1, 0.15) is 0 Å². The molecule has 0 saturated heterocycles. The number of sulfonamides is 1. The third-order valence-corrected chi connectivity index (χ3v) is 4.54. The Kier molecular flexibility index (Phi) is 4.97. The quantitative estimate of drug-likeness (QED) is 0.718. The number of nitrogens with one attached hydrogen (secondary N) is 1. The van der Waals surface area contributed by atoms with Crippen molar-refractivity contribution in [2.24, 2.45) is 0 Å². The van der Waals surface area contributed by atoms with Gasteiger partial charge in [-0.1, -0.05) is 17.7 Å². The minimum Gasteiger partial charge on any atom is -0.280 e. The van der Waals surface area contributed by atoms with Gasteiger partial charge in [0.15, 0.2) is 0 Å². The molecule has 0 unspecified atom stereocenters. The number of alkyl halides is 6. The van der Waals surface area contributed by atoms with Crippen LogP contribution in [0.5, 0.6) is 0 Å². The van der Waals surface area contributed by atoms with Gasteiger partial charge in [-0.25, -0.2) is 8.42 Å². The predicted octanol–water partition coefficient (Wildman–Crippen LogP) is 5.18. The van der Waals surface area contributed by atoms with E-state index in [0.717, 1.165) is 6.07 Å². The highest BCUT2D eigenvalue weighted by Crippen LogP contribution is 2.37. The minimum absolute atomic E-state index is 0.113. The van der Waals surface area contributed by atoms with E-state index in [0.29, 0.717) is 0 Å². The molecule has 0 aliphatic carbocycles. The molecule has 136 valence electrons. The van der Waals surface area contributed by atoms with E-state index in [1.165, 1.54) is 18.2 Å². The number of anilines is 1. The van der Waals surface area contributed by atoms with Gasteiger partial charge in [0.2, 0.25) is 0 Å². The highest BCUT2D eigenvalue weighted by Gasteiger charge is 2.38. The number of rotatable bonds is 3. The zero-order valence-electron chi connectivity index (χ0n) is 11.9. The summed E-state index contributed by atoms with van der Waals surface area (Å²) in [6, 6.07) is 5.25. The number of benzene rings is 2. The second-order valence-electron chi connectivity index (χ2n) is 4.86. The lowest BCUT2D eigenvalue weighted by molar-refractivity contribution is -0.143. The smallest absolute Gasteiger partial charge is 0.280 e. The Morgan fingerprint density at radius 1 is 0.840 bits per heavy atom. The summed E-state index contributed by atoms with van der Waals surface area (Å²) in [6.45, 7) is 0. The maximum absolute atomic E-state index is 12.8. The summed E-state index contributed by atoms with van der Waals surface area (Å²) in [5, 5.41) is 0.125. The third kappa shape index (κ3) is 4.79. The molecule has 0 saturated carbocycles. The number of halogens is 7. The van der Waals surface area contributed by atoms with E-state index in [9.17, 15) is 34.8 Å². The van der Waals surface area contributed by atoms with Crippen LogP contribution in [0.4, 0.5) is 32.0 Å². The van der Waals surface area contributed by atoms with Crippen molar-refractivity contribution in [2.45, 2.75) is 17.2 Å². The van der Waals surface area contributed by atoms with E-state index in [2.05, 4.69) is 0 Å². The van der Waals surface area contributed by atoms with Gasteiger partial charge in [-0.2, -0.15) is 26.3 Å². The fourth-order valence-corrected chi connectivity index (χ4v) is 3.16. The summed E-state index contributed by atoms with van der Waals surface area (Å²) >= 11 is 5.66. The lowest BCUT2D eigenvalue weighted by Crippen LogP contribution is -2.17. The molecule has 0 aliphatic rings. The lowest BCUT2D eigenvalue weighted by atomic mass is 10.1. The Morgan fingerprint density at radius 3 is 1.80 bits per heavy atom. The Bertz CT molecular complexity index is 861. The van der Waals surface area contributed by atoms with Gasteiger partial charge in [0.05, 0.1) is 21.7 Å². The van der Waals surface area contributed by atoms with Gasteiger partial charge in [0.25, 0.3) is 10.0 Å². The van der Waals surface area contributed by atoms with Crippen LogP contribution in [0.15, 0.2) is 47.4 Å². The maximum atomic E-state index is 12.8. The van der Waals surface area contributed by atoms with Gasteiger partial charge in [-0.3, -0.25) is 4.72 Å². The van der Waals surface area contributed by atoms with Gasteiger partial charge < -0.3 is 0 Å². The third-order valence-electron chi connectivity index (χ3n) is 2.95. The van der Waals surface area contributed by atoms with Crippen molar-refractivity contribution in [3.63, 3.8) is 0 Å². The SMILES string of the molecule is O=S(=O)(Nc1cccc(Cl)c1)c1cc(C(F)(F)F)cc(C(F)(F)F)c1. The zero-order valence-corrected chi connectivity index (χ0v) is 13.5. The van der Waals surface area contributed by atoms with Crippen molar-refractivity contribution in [3.8, 4) is 0 Å². The first-order valence-electron chi connectivity index (χ1n) is 6.37. The normalized spacial score (nSPS) is 12.9. The lowest BCUT2D eigenvalue weighted by Gasteiger charge is -2.15. The van der Waals surface area contributed by atoms with Crippen LogP contribution in [0.3, 0.4) is 0 Å².